The fraction of sp³-hybridized carbons (Fsp3) is 0.222. The van der Waals surface area contributed by atoms with E-state index in [-0.39, 0.29) is 6.42 Å². The fourth-order valence-corrected chi connectivity index (χ4v) is 2.22. The highest BCUT2D eigenvalue weighted by molar-refractivity contribution is 5.94. The van der Waals surface area contributed by atoms with Crippen molar-refractivity contribution in [3.63, 3.8) is 0 Å². The molecule has 2 aromatic carbocycles. The molecule has 1 atom stereocenters. The van der Waals surface area contributed by atoms with E-state index < -0.39 is 24.0 Å². The summed E-state index contributed by atoms with van der Waals surface area (Å²) in [5.41, 5.74) is 1.62. The molecule has 2 aromatic rings. The Morgan fingerprint density at radius 1 is 0.955 bits per heavy atom. The third-order valence-corrected chi connectivity index (χ3v) is 3.43. The van der Waals surface area contributed by atoms with E-state index >= 15 is 0 Å². The summed E-state index contributed by atoms with van der Waals surface area (Å²) in [6.45, 7) is 1.65. The summed E-state index contributed by atoms with van der Waals surface area (Å²) in [5, 5.41) is 9.10. The average molecular weight is 298 g/mol. The van der Waals surface area contributed by atoms with E-state index in [9.17, 15) is 9.59 Å². The highest BCUT2D eigenvalue weighted by Crippen LogP contribution is 2.27. The Hall–Kier alpha value is -2.62. The van der Waals surface area contributed by atoms with Crippen molar-refractivity contribution in [2.75, 3.05) is 0 Å². The van der Waals surface area contributed by atoms with Gasteiger partial charge < -0.3 is 9.84 Å². The van der Waals surface area contributed by atoms with Crippen LogP contribution in [0, 0.1) is 5.92 Å². The van der Waals surface area contributed by atoms with E-state index in [1.54, 1.807) is 6.92 Å². The second-order valence-electron chi connectivity index (χ2n) is 4.94. The van der Waals surface area contributed by atoms with Crippen LogP contribution in [-0.4, -0.2) is 17.0 Å². The van der Waals surface area contributed by atoms with Gasteiger partial charge in [-0.05, 0) is 17.5 Å². The Labute approximate surface area is 129 Å². The molecule has 0 fully saturated rings. The molecule has 114 valence electrons. The Morgan fingerprint density at radius 3 is 1.77 bits per heavy atom. The maximum Gasteiger partial charge on any atom is 0.321 e. The van der Waals surface area contributed by atoms with Crippen molar-refractivity contribution < 1.29 is 19.4 Å². The van der Waals surface area contributed by atoms with E-state index in [0.717, 1.165) is 11.1 Å². The van der Waals surface area contributed by atoms with Gasteiger partial charge in [0.25, 0.3) is 0 Å². The minimum Gasteiger partial charge on any atom is -0.481 e. The summed E-state index contributed by atoms with van der Waals surface area (Å²) >= 11 is 0. The van der Waals surface area contributed by atoms with Gasteiger partial charge >= 0.3 is 11.9 Å². The van der Waals surface area contributed by atoms with Gasteiger partial charge in [0, 0.05) is 0 Å². The topological polar surface area (TPSA) is 63.6 Å². The van der Waals surface area contributed by atoms with Crippen molar-refractivity contribution in [2.24, 2.45) is 5.92 Å². The molecule has 1 unspecified atom stereocenters. The molecule has 0 aliphatic carbocycles. The number of esters is 1. The summed E-state index contributed by atoms with van der Waals surface area (Å²) in [6.07, 6.45) is -0.409. The van der Waals surface area contributed by atoms with Gasteiger partial charge in [0.15, 0.2) is 12.0 Å². The molecule has 0 aliphatic rings. The number of hydrogen-bond donors (Lipinski definition) is 1. The molecule has 0 aliphatic heterocycles. The third-order valence-electron chi connectivity index (χ3n) is 3.43. The van der Waals surface area contributed by atoms with Crippen molar-refractivity contribution >= 4 is 11.9 Å². The number of carbonyl (C=O) groups excluding carboxylic acids is 1. The predicted molar refractivity (Wildman–Crippen MR) is 82.2 cm³/mol. The summed E-state index contributed by atoms with van der Waals surface area (Å²) < 4.78 is 5.52. The Balaban J connectivity index is 2.30. The van der Waals surface area contributed by atoms with Gasteiger partial charge in [-0.1, -0.05) is 67.6 Å². The third kappa shape index (κ3) is 3.73. The number of carboxylic acids is 1. The number of hydrogen-bond acceptors (Lipinski definition) is 3. The van der Waals surface area contributed by atoms with Crippen LogP contribution in [0.2, 0.25) is 0 Å². The van der Waals surface area contributed by atoms with Crippen LogP contribution in [0.25, 0.3) is 0 Å². The second-order valence-corrected chi connectivity index (χ2v) is 4.94. The zero-order valence-electron chi connectivity index (χ0n) is 12.3. The number of carboxylic acid groups (broad SMARTS) is 1. The van der Waals surface area contributed by atoms with E-state index in [0.29, 0.717) is 0 Å². The van der Waals surface area contributed by atoms with Crippen molar-refractivity contribution in [1.82, 2.24) is 0 Å². The molecule has 0 bridgehead atoms. The molecular weight excluding hydrogens is 280 g/mol. The maximum atomic E-state index is 12.2. The van der Waals surface area contributed by atoms with E-state index in [2.05, 4.69) is 0 Å². The molecule has 4 nitrogen and oxygen atoms in total. The molecule has 22 heavy (non-hydrogen) atoms. The lowest BCUT2D eigenvalue weighted by Gasteiger charge is -2.20. The molecule has 0 aromatic heterocycles. The normalized spacial score (nSPS) is 11.9. The van der Waals surface area contributed by atoms with E-state index in [1.165, 1.54) is 0 Å². The van der Waals surface area contributed by atoms with Gasteiger partial charge in [-0.25, -0.2) is 0 Å². The summed E-state index contributed by atoms with van der Waals surface area (Å²) in [4.78, 5) is 23.3. The van der Waals surface area contributed by atoms with Crippen molar-refractivity contribution in [1.29, 1.82) is 0 Å². The quantitative estimate of drug-likeness (QED) is 0.655. The van der Waals surface area contributed by atoms with Crippen LogP contribution in [0.5, 0.6) is 0 Å². The smallest absolute Gasteiger partial charge is 0.321 e. The molecule has 0 saturated heterocycles. The van der Waals surface area contributed by atoms with Gasteiger partial charge in [-0.3, -0.25) is 9.59 Å². The molecular formula is C18H18O4. The largest absolute Gasteiger partial charge is 0.481 e. The predicted octanol–water partition coefficient (Wildman–Crippen LogP) is 3.43. The fourth-order valence-electron chi connectivity index (χ4n) is 2.22. The minimum absolute atomic E-state index is 0.199. The van der Waals surface area contributed by atoms with Gasteiger partial charge in [0.2, 0.25) is 0 Å². The van der Waals surface area contributed by atoms with E-state index in [4.69, 9.17) is 9.84 Å². The lowest BCUT2D eigenvalue weighted by atomic mass is 10.0. The first kappa shape index (κ1) is 15.8. The number of carbonyl (C=O) groups is 2. The molecule has 0 heterocycles. The molecule has 1 N–H and O–H groups in total. The Morgan fingerprint density at radius 2 is 1.41 bits per heavy atom. The standard InChI is InChI=1S/C18H18O4/c1-2-15(17(19)20)18(21)22-16(13-9-5-3-6-10-13)14-11-7-4-8-12-14/h3-12,15-16H,2H2,1H3,(H,19,20). The SMILES string of the molecule is CCC(C(=O)O)C(=O)OC(c1ccccc1)c1ccccc1. The first-order valence-electron chi connectivity index (χ1n) is 7.16. The molecule has 2 rings (SSSR count). The van der Waals surface area contributed by atoms with Crippen LogP contribution in [0.15, 0.2) is 60.7 Å². The Kier molecular flexibility index (Phi) is 5.31. The molecule has 4 heteroatoms. The van der Waals surface area contributed by atoms with Crippen molar-refractivity contribution in [3.8, 4) is 0 Å². The lowest BCUT2D eigenvalue weighted by Crippen LogP contribution is -2.27. The monoisotopic (exact) mass is 298 g/mol. The zero-order valence-corrected chi connectivity index (χ0v) is 12.3. The van der Waals surface area contributed by atoms with Gasteiger partial charge in [-0.15, -0.1) is 0 Å². The number of aliphatic carboxylic acids is 1. The van der Waals surface area contributed by atoms with Crippen LogP contribution in [0.1, 0.15) is 30.6 Å². The van der Waals surface area contributed by atoms with Crippen molar-refractivity contribution in [2.45, 2.75) is 19.4 Å². The van der Waals surface area contributed by atoms with Gasteiger partial charge in [-0.2, -0.15) is 0 Å². The number of ether oxygens (including phenoxy) is 1. The van der Waals surface area contributed by atoms with Crippen LogP contribution >= 0.6 is 0 Å². The highest BCUT2D eigenvalue weighted by atomic mass is 16.5. The second kappa shape index (κ2) is 7.41. The van der Waals surface area contributed by atoms with Crippen LogP contribution < -0.4 is 0 Å². The van der Waals surface area contributed by atoms with Crippen LogP contribution in [0.4, 0.5) is 0 Å². The summed E-state index contributed by atoms with van der Waals surface area (Å²) in [7, 11) is 0. The first-order chi connectivity index (χ1) is 10.6. The molecule has 0 amide bonds. The maximum absolute atomic E-state index is 12.2. The van der Waals surface area contributed by atoms with Gasteiger partial charge in [0.1, 0.15) is 0 Å². The molecule has 0 spiro atoms. The molecule has 0 radical (unpaired) electrons. The van der Waals surface area contributed by atoms with Crippen LogP contribution in [0.3, 0.4) is 0 Å². The average Bonchev–Trinajstić information content (AvgIpc) is 2.54. The van der Waals surface area contributed by atoms with Crippen LogP contribution in [-0.2, 0) is 14.3 Å². The summed E-state index contributed by atoms with van der Waals surface area (Å²) in [6, 6.07) is 18.6. The number of benzene rings is 2. The zero-order chi connectivity index (χ0) is 15.9. The van der Waals surface area contributed by atoms with E-state index in [1.807, 2.05) is 60.7 Å². The first-order valence-corrected chi connectivity index (χ1v) is 7.16. The van der Waals surface area contributed by atoms with Crippen molar-refractivity contribution in [3.05, 3.63) is 71.8 Å². The highest BCUT2D eigenvalue weighted by Gasteiger charge is 2.29. The minimum atomic E-state index is -1.16. The Bertz CT molecular complexity index is 583. The lowest BCUT2D eigenvalue weighted by molar-refractivity contribution is -0.161. The van der Waals surface area contributed by atoms with Gasteiger partial charge in [0.05, 0.1) is 0 Å². The number of rotatable bonds is 6. The summed E-state index contributed by atoms with van der Waals surface area (Å²) in [5.74, 6) is -3.02. The molecule has 0 saturated carbocycles.